The molecule has 0 bridgehead atoms. The summed E-state index contributed by atoms with van der Waals surface area (Å²) in [6, 6.07) is 0. The van der Waals surface area contributed by atoms with Crippen molar-refractivity contribution in [1.82, 2.24) is 9.80 Å². The number of methoxy groups -OCH3 is 1. The van der Waals surface area contributed by atoms with Crippen molar-refractivity contribution in [2.75, 3.05) is 26.7 Å². The van der Waals surface area contributed by atoms with Crippen LogP contribution in [0.4, 0.5) is 0 Å². The number of likely N-dealkylation sites (tertiary alicyclic amines) is 2. The van der Waals surface area contributed by atoms with E-state index in [1.165, 1.54) is 0 Å². The molecule has 0 saturated carbocycles. The van der Waals surface area contributed by atoms with E-state index in [2.05, 4.69) is 0 Å². The molecule has 2 amide bonds. The number of ether oxygens (including phenoxy) is 1. The molecule has 108 valence electrons. The smallest absolute Gasteiger partial charge is 0.228 e. The summed E-state index contributed by atoms with van der Waals surface area (Å²) in [7, 11) is 1.68. The zero-order valence-corrected chi connectivity index (χ0v) is 12.3. The SMILES string of the molecule is COC1CCN(C(=O)C2CC(=O)N(C(C)(C)C)C2)C1. The second kappa shape index (κ2) is 5.12. The molecule has 2 rings (SSSR count). The van der Waals surface area contributed by atoms with Crippen molar-refractivity contribution in [2.45, 2.75) is 45.3 Å². The van der Waals surface area contributed by atoms with Crippen LogP contribution in [0, 0.1) is 5.92 Å². The number of amides is 2. The van der Waals surface area contributed by atoms with Gasteiger partial charge in [-0.3, -0.25) is 9.59 Å². The number of hydrogen-bond acceptors (Lipinski definition) is 3. The summed E-state index contributed by atoms with van der Waals surface area (Å²) < 4.78 is 5.28. The van der Waals surface area contributed by atoms with Crippen LogP contribution in [0.3, 0.4) is 0 Å². The van der Waals surface area contributed by atoms with E-state index in [1.807, 2.05) is 30.6 Å². The van der Waals surface area contributed by atoms with Crippen molar-refractivity contribution in [3.8, 4) is 0 Å². The van der Waals surface area contributed by atoms with E-state index in [4.69, 9.17) is 4.74 Å². The topological polar surface area (TPSA) is 49.9 Å². The average Bonchev–Trinajstić information content (AvgIpc) is 2.93. The maximum atomic E-state index is 12.4. The Kier molecular flexibility index (Phi) is 3.85. The van der Waals surface area contributed by atoms with Crippen LogP contribution < -0.4 is 0 Å². The third-order valence-electron chi connectivity index (χ3n) is 4.07. The molecule has 2 fully saturated rings. The first-order chi connectivity index (χ1) is 8.82. The van der Waals surface area contributed by atoms with Crippen molar-refractivity contribution in [3.05, 3.63) is 0 Å². The summed E-state index contributed by atoms with van der Waals surface area (Å²) in [6.45, 7) is 7.99. The number of hydrogen-bond donors (Lipinski definition) is 0. The van der Waals surface area contributed by atoms with Crippen molar-refractivity contribution in [2.24, 2.45) is 5.92 Å². The molecule has 2 atom stereocenters. The molecule has 0 aromatic carbocycles. The van der Waals surface area contributed by atoms with E-state index in [-0.39, 0.29) is 29.4 Å². The van der Waals surface area contributed by atoms with Crippen LogP contribution in [-0.4, -0.2) is 60.0 Å². The molecule has 5 nitrogen and oxygen atoms in total. The molecule has 0 radical (unpaired) electrons. The average molecular weight is 268 g/mol. The summed E-state index contributed by atoms with van der Waals surface area (Å²) in [5.74, 6) is 0.0234. The zero-order valence-electron chi connectivity index (χ0n) is 12.3. The number of carbonyl (C=O) groups is 2. The quantitative estimate of drug-likeness (QED) is 0.747. The molecule has 0 aromatic rings. The molecule has 0 spiro atoms. The highest BCUT2D eigenvalue weighted by Gasteiger charge is 2.41. The van der Waals surface area contributed by atoms with Gasteiger partial charge in [-0.1, -0.05) is 0 Å². The van der Waals surface area contributed by atoms with E-state index in [9.17, 15) is 9.59 Å². The van der Waals surface area contributed by atoms with Crippen molar-refractivity contribution in [1.29, 1.82) is 0 Å². The second-order valence-electron chi connectivity index (χ2n) is 6.51. The molecule has 19 heavy (non-hydrogen) atoms. The predicted molar refractivity (Wildman–Crippen MR) is 71.6 cm³/mol. The van der Waals surface area contributed by atoms with Gasteiger partial charge in [0.1, 0.15) is 0 Å². The van der Waals surface area contributed by atoms with Crippen LogP contribution in [-0.2, 0) is 14.3 Å². The normalized spacial score (nSPS) is 28.3. The van der Waals surface area contributed by atoms with E-state index in [1.54, 1.807) is 7.11 Å². The summed E-state index contributed by atoms with van der Waals surface area (Å²) in [5.41, 5.74) is -0.202. The van der Waals surface area contributed by atoms with Crippen molar-refractivity contribution >= 4 is 11.8 Å². The number of carbonyl (C=O) groups excluding carboxylic acids is 2. The molecule has 5 heteroatoms. The molecule has 2 heterocycles. The lowest BCUT2D eigenvalue weighted by atomic mass is 10.1. The highest BCUT2D eigenvalue weighted by atomic mass is 16.5. The first-order valence-corrected chi connectivity index (χ1v) is 6.95. The highest BCUT2D eigenvalue weighted by Crippen LogP contribution is 2.28. The first kappa shape index (κ1) is 14.3. The summed E-state index contributed by atoms with van der Waals surface area (Å²) in [4.78, 5) is 28.1. The van der Waals surface area contributed by atoms with Crippen LogP contribution in [0.2, 0.25) is 0 Å². The Morgan fingerprint density at radius 3 is 2.47 bits per heavy atom. The summed E-state index contributed by atoms with van der Waals surface area (Å²) >= 11 is 0. The Hall–Kier alpha value is -1.10. The maximum Gasteiger partial charge on any atom is 0.228 e. The van der Waals surface area contributed by atoms with Gasteiger partial charge in [0.15, 0.2) is 0 Å². The second-order valence-corrected chi connectivity index (χ2v) is 6.51. The Morgan fingerprint density at radius 2 is 2.00 bits per heavy atom. The van der Waals surface area contributed by atoms with Gasteiger partial charge in [-0.05, 0) is 27.2 Å². The van der Waals surface area contributed by atoms with E-state index >= 15 is 0 Å². The van der Waals surface area contributed by atoms with Crippen molar-refractivity contribution in [3.63, 3.8) is 0 Å². The molecule has 2 saturated heterocycles. The maximum absolute atomic E-state index is 12.4. The molecule has 0 aliphatic carbocycles. The number of nitrogens with zero attached hydrogens (tertiary/aromatic N) is 2. The minimum atomic E-state index is -0.202. The van der Waals surface area contributed by atoms with E-state index in [0.717, 1.165) is 13.0 Å². The molecule has 0 N–H and O–H groups in total. The fourth-order valence-electron chi connectivity index (χ4n) is 2.90. The van der Waals surface area contributed by atoms with Crippen LogP contribution in [0.25, 0.3) is 0 Å². The Labute approximate surface area is 114 Å². The first-order valence-electron chi connectivity index (χ1n) is 6.95. The highest BCUT2D eigenvalue weighted by molar-refractivity contribution is 5.89. The molecular weight excluding hydrogens is 244 g/mol. The largest absolute Gasteiger partial charge is 0.380 e. The fourth-order valence-corrected chi connectivity index (χ4v) is 2.90. The molecule has 0 aromatic heterocycles. The summed E-state index contributed by atoms with van der Waals surface area (Å²) in [5, 5.41) is 0. The Morgan fingerprint density at radius 1 is 1.32 bits per heavy atom. The predicted octanol–water partition coefficient (Wildman–Crippen LogP) is 0.881. The van der Waals surface area contributed by atoms with E-state index < -0.39 is 0 Å². The lowest BCUT2D eigenvalue weighted by Gasteiger charge is -2.32. The molecule has 2 aliphatic rings. The van der Waals surface area contributed by atoms with Gasteiger partial charge in [0.05, 0.1) is 12.0 Å². The standard InChI is InChI=1S/C14H24N2O3/c1-14(2,3)16-8-10(7-12(16)17)13(18)15-6-5-11(9-15)19-4/h10-11H,5-9H2,1-4H3. The van der Waals surface area contributed by atoms with Crippen molar-refractivity contribution < 1.29 is 14.3 Å². The Balaban J connectivity index is 1.97. The minimum absolute atomic E-state index is 0.0911. The number of rotatable bonds is 2. The third kappa shape index (κ3) is 2.91. The van der Waals surface area contributed by atoms with Gasteiger partial charge in [0.2, 0.25) is 11.8 Å². The monoisotopic (exact) mass is 268 g/mol. The Bertz CT molecular complexity index is 375. The van der Waals surface area contributed by atoms with Gasteiger partial charge in [-0.25, -0.2) is 0 Å². The van der Waals surface area contributed by atoms with Crippen LogP contribution in [0.15, 0.2) is 0 Å². The fraction of sp³-hybridized carbons (Fsp3) is 0.857. The lowest BCUT2D eigenvalue weighted by Crippen LogP contribution is -2.43. The van der Waals surface area contributed by atoms with Gasteiger partial charge in [-0.15, -0.1) is 0 Å². The van der Waals surface area contributed by atoms with Gasteiger partial charge in [0, 0.05) is 38.7 Å². The molecule has 2 unspecified atom stereocenters. The van der Waals surface area contributed by atoms with Crippen LogP contribution in [0.1, 0.15) is 33.6 Å². The third-order valence-corrected chi connectivity index (χ3v) is 4.07. The van der Waals surface area contributed by atoms with Gasteiger partial charge >= 0.3 is 0 Å². The molecule has 2 aliphatic heterocycles. The summed E-state index contributed by atoms with van der Waals surface area (Å²) in [6.07, 6.45) is 1.40. The van der Waals surface area contributed by atoms with Gasteiger partial charge < -0.3 is 14.5 Å². The minimum Gasteiger partial charge on any atom is -0.380 e. The van der Waals surface area contributed by atoms with Crippen LogP contribution >= 0.6 is 0 Å². The van der Waals surface area contributed by atoms with Crippen LogP contribution in [0.5, 0.6) is 0 Å². The van der Waals surface area contributed by atoms with Gasteiger partial charge in [0.25, 0.3) is 0 Å². The van der Waals surface area contributed by atoms with E-state index in [0.29, 0.717) is 19.5 Å². The zero-order chi connectivity index (χ0) is 14.2. The lowest BCUT2D eigenvalue weighted by molar-refractivity contribution is -0.135. The van der Waals surface area contributed by atoms with Gasteiger partial charge in [-0.2, -0.15) is 0 Å². The molecular formula is C14H24N2O3.